The number of nitrogens with zero attached hydrogens (tertiary/aromatic N) is 2. The van der Waals surface area contributed by atoms with E-state index in [2.05, 4.69) is 10.1 Å². The Morgan fingerprint density at radius 1 is 1.08 bits per heavy atom. The third kappa shape index (κ3) is 8.79. The van der Waals surface area contributed by atoms with Gasteiger partial charge in [0, 0.05) is 49.7 Å². The van der Waals surface area contributed by atoms with Crippen LogP contribution in [0.15, 0.2) is 24.3 Å². The molecule has 10 heteroatoms. The molecule has 4 atom stereocenters. The molecule has 1 aliphatic heterocycles. The molecule has 7 nitrogen and oxygen atoms in total. The van der Waals surface area contributed by atoms with E-state index in [9.17, 15) is 22.8 Å². The molecule has 0 unspecified atom stereocenters. The van der Waals surface area contributed by atoms with Crippen molar-refractivity contribution in [1.29, 1.82) is 0 Å². The summed E-state index contributed by atoms with van der Waals surface area (Å²) in [6.07, 6.45) is 0.493. The zero-order chi connectivity index (χ0) is 27.2. The summed E-state index contributed by atoms with van der Waals surface area (Å²) in [7, 11) is 0. The third-order valence-corrected chi connectivity index (χ3v) is 7.06. The van der Waals surface area contributed by atoms with Gasteiger partial charge in [-0.2, -0.15) is 0 Å². The van der Waals surface area contributed by atoms with E-state index in [-0.39, 0.29) is 48.3 Å². The van der Waals surface area contributed by atoms with Gasteiger partial charge in [-0.15, -0.1) is 13.2 Å². The number of hydrogen-bond donors (Lipinski definition) is 1. The lowest BCUT2D eigenvalue weighted by atomic mass is 9.91. The molecule has 0 radical (unpaired) electrons. The summed E-state index contributed by atoms with van der Waals surface area (Å²) in [5, 5.41) is 3.23. The second-order valence-corrected chi connectivity index (χ2v) is 10.5. The van der Waals surface area contributed by atoms with Gasteiger partial charge < -0.3 is 24.6 Å². The predicted molar refractivity (Wildman–Crippen MR) is 135 cm³/mol. The molecule has 0 spiro atoms. The van der Waals surface area contributed by atoms with E-state index in [0.29, 0.717) is 25.3 Å². The number of ether oxygens (including phenoxy) is 2. The topological polar surface area (TPSA) is 71.1 Å². The molecule has 1 saturated carbocycles. The van der Waals surface area contributed by atoms with Gasteiger partial charge in [0.25, 0.3) is 0 Å². The molecule has 1 N–H and O–H groups in total. The zero-order valence-electron chi connectivity index (χ0n) is 22.2. The van der Waals surface area contributed by atoms with Gasteiger partial charge in [-0.05, 0) is 57.9 Å². The second kappa shape index (κ2) is 12.8. The number of carbonyl (C=O) groups is 2. The summed E-state index contributed by atoms with van der Waals surface area (Å²) in [4.78, 5) is 30.4. The Kier molecular flexibility index (Phi) is 10.1. The lowest BCUT2D eigenvalue weighted by Gasteiger charge is -2.41. The third-order valence-electron chi connectivity index (χ3n) is 7.06. The maximum atomic E-state index is 13.7. The Bertz CT molecular complexity index is 880. The summed E-state index contributed by atoms with van der Waals surface area (Å²) in [5.74, 6) is -0.798. The van der Waals surface area contributed by atoms with Gasteiger partial charge in [-0.3, -0.25) is 9.59 Å². The van der Waals surface area contributed by atoms with Crippen LogP contribution < -0.4 is 10.1 Å². The second-order valence-electron chi connectivity index (χ2n) is 10.5. The first kappa shape index (κ1) is 29.1. The molecule has 2 aliphatic rings. The van der Waals surface area contributed by atoms with Gasteiger partial charge >= 0.3 is 6.36 Å². The molecule has 1 aromatic carbocycles. The number of rotatable bonds is 9. The first-order chi connectivity index (χ1) is 17.4. The fraction of sp³-hybridized carbons (Fsp3) is 0.704. The number of morpholine rings is 1. The Balaban J connectivity index is 1.63. The molecule has 37 heavy (non-hydrogen) atoms. The highest BCUT2D eigenvalue weighted by molar-refractivity contribution is 5.86. The lowest BCUT2D eigenvalue weighted by molar-refractivity contribution is -0.274. The van der Waals surface area contributed by atoms with E-state index in [1.165, 1.54) is 24.3 Å². The van der Waals surface area contributed by atoms with Gasteiger partial charge in [-0.1, -0.05) is 26.2 Å². The van der Waals surface area contributed by atoms with Crippen LogP contribution in [0.2, 0.25) is 0 Å². The minimum Gasteiger partial charge on any atom is -0.406 e. The minimum atomic E-state index is -4.74. The Hall–Kier alpha value is -2.49. The number of nitrogens with one attached hydrogen (secondary N) is 1. The van der Waals surface area contributed by atoms with Gasteiger partial charge in [0.1, 0.15) is 5.75 Å². The quantitative estimate of drug-likeness (QED) is 0.478. The summed E-state index contributed by atoms with van der Waals surface area (Å²) in [6, 6.07) is 5.50. The Morgan fingerprint density at radius 3 is 2.24 bits per heavy atom. The fourth-order valence-corrected chi connectivity index (χ4v) is 5.37. The SMILES string of the molecule is C[C@@H]1CN(C(=O)C[C@@H](C)C(=O)N(C2CCCCC2)[C@@H](C)CNc2ccc(OC(F)(F)F)cc2)C[C@H](C)O1. The lowest BCUT2D eigenvalue weighted by Crippen LogP contribution is -2.52. The number of halogens is 3. The van der Waals surface area contributed by atoms with Crippen molar-refractivity contribution in [2.24, 2.45) is 5.92 Å². The number of hydrogen-bond acceptors (Lipinski definition) is 5. The molecule has 0 aromatic heterocycles. The Labute approximate surface area is 217 Å². The number of alkyl halides is 3. The highest BCUT2D eigenvalue weighted by Gasteiger charge is 2.35. The van der Waals surface area contributed by atoms with E-state index in [1.54, 1.807) is 4.90 Å². The van der Waals surface area contributed by atoms with Crippen molar-refractivity contribution in [3.8, 4) is 5.75 Å². The number of benzene rings is 1. The van der Waals surface area contributed by atoms with Crippen molar-refractivity contribution < 1.29 is 32.2 Å². The van der Waals surface area contributed by atoms with Crippen LogP contribution in [0.4, 0.5) is 18.9 Å². The molecule has 1 aromatic rings. The van der Waals surface area contributed by atoms with Crippen LogP contribution in [0.5, 0.6) is 5.75 Å². The summed E-state index contributed by atoms with van der Waals surface area (Å²) >= 11 is 0. The predicted octanol–water partition coefficient (Wildman–Crippen LogP) is 5.21. The monoisotopic (exact) mass is 527 g/mol. The van der Waals surface area contributed by atoms with Crippen molar-refractivity contribution in [2.45, 2.75) is 96.9 Å². The van der Waals surface area contributed by atoms with Crippen LogP contribution in [-0.4, -0.2) is 71.9 Å². The molecular formula is C27H40F3N3O4. The highest BCUT2D eigenvalue weighted by atomic mass is 19.4. The van der Waals surface area contributed by atoms with Gasteiger partial charge in [-0.25, -0.2) is 0 Å². The van der Waals surface area contributed by atoms with Crippen molar-refractivity contribution >= 4 is 17.5 Å². The van der Waals surface area contributed by atoms with Crippen molar-refractivity contribution in [2.75, 3.05) is 25.0 Å². The van der Waals surface area contributed by atoms with Crippen LogP contribution in [0.1, 0.15) is 66.2 Å². The van der Waals surface area contributed by atoms with E-state index >= 15 is 0 Å². The number of amides is 2. The Morgan fingerprint density at radius 2 is 1.68 bits per heavy atom. The van der Waals surface area contributed by atoms with E-state index in [4.69, 9.17) is 4.74 Å². The first-order valence-corrected chi connectivity index (χ1v) is 13.3. The molecule has 208 valence electrons. The molecule has 2 fully saturated rings. The molecule has 1 saturated heterocycles. The van der Waals surface area contributed by atoms with Crippen LogP contribution in [0.25, 0.3) is 0 Å². The maximum absolute atomic E-state index is 13.7. The van der Waals surface area contributed by atoms with Gasteiger partial charge in [0.05, 0.1) is 12.2 Å². The normalized spacial score (nSPS) is 22.7. The van der Waals surface area contributed by atoms with Gasteiger partial charge in [0.15, 0.2) is 0 Å². The average Bonchev–Trinajstić information content (AvgIpc) is 2.82. The molecule has 0 bridgehead atoms. The van der Waals surface area contributed by atoms with Crippen molar-refractivity contribution in [3.63, 3.8) is 0 Å². The van der Waals surface area contributed by atoms with Crippen LogP contribution >= 0.6 is 0 Å². The molecule has 3 rings (SSSR count). The average molecular weight is 528 g/mol. The molecule has 1 heterocycles. The molecular weight excluding hydrogens is 487 g/mol. The minimum absolute atomic E-state index is 0.0293. The van der Waals surface area contributed by atoms with Crippen LogP contribution in [0.3, 0.4) is 0 Å². The first-order valence-electron chi connectivity index (χ1n) is 13.3. The van der Waals surface area contributed by atoms with E-state index in [1.807, 2.05) is 32.6 Å². The van der Waals surface area contributed by atoms with Crippen molar-refractivity contribution in [3.05, 3.63) is 24.3 Å². The smallest absolute Gasteiger partial charge is 0.406 e. The molecule has 1 aliphatic carbocycles. The van der Waals surface area contributed by atoms with Gasteiger partial charge in [0.2, 0.25) is 11.8 Å². The standard InChI is InChI=1S/C27H40F3N3O4/c1-18(14-25(34)32-16-20(3)36-21(4)17-32)26(35)33(23-8-6-5-7-9-23)19(2)15-31-22-10-12-24(13-11-22)37-27(28,29)30/h10-13,18-21,23,31H,5-9,14-17H2,1-4H3/t18-,19+,20-,21+/m1/s1. The summed E-state index contributed by atoms with van der Waals surface area (Å²) in [6.45, 7) is 9.18. The van der Waals surface area contributed by atoms with Crippen molar-refractivity contribution in [1.82, 2.24) is 9.80 Å². The molecule has 2 amide bonds. The highest BCUT2D eigenvalue weighted by Crippen LogP contribution is 2.28. The maximum Gasteiger partial charge on any atom is 0.573 e. The number of carbonyl (C=O) groups excluding carboxylic acids is 2. The summed E-state index contributed by atoms with van der Waals surface area (Å²) in [5.41, 5.74) is 0.635. The van der Waals surface area contributed by atoms with E-state index in [0.717, 1.165) is 32.1 Å². The zero-order valence-corrected chi connectivity index (χ0v) is 22.2. The van der Waals surface area contributed by atoms with Crippen LogP contribution in [-0.2, 0) is 14.3 Å². The number of anilines is 1. The largest absolute Gasteiger partial charge is 0.573 e. The van der Waals surface area contributed by atoms with Crippen LogP contribution in [0, 0.1) is 5.92 Å². The summed E-state index contributed by atoms with van der Waals surface area (Å²) < 4.78 is 46.9. The van der Waals surface area contributed by atoms with E-state index < -0.39 is 12.3 Å². The fourth-order valence-electron chi connectivity index (χ4n) is 5.37.